The van der Waals surface area contributed by atoms with E-state index in [4.69, 9.17) is 4.74 Å². The second-order valence-electron chi connectivity index (χ2n) is 7.17. The predicted octanol–water partition coefficient (Wildman–Crippen LogP) is 1.52. The second-order valence-corrected chi connectivity index (χ2v) is 7.17. The van der Waals surface area contributed by atoms with Gasteiger partial charge >= 0.3 is 0 Å². The number of carbonyl (C=O) groups excluding carboxylic acids is 2. The van der Waals surface area contributed by atoms with Crippen molar-refractivity contribution in [2.45, 2.75) is 20.0 Å². The van der Waals surface area contributed by atoms with Crippen LogP contribution in [0.3, 0.4) is 0 Å². The van der Waals surface area contributed by atoms with Crippen LogP contribution in [0.25, 0.3) is 0 Å². The van der Waals surface area contributed by atoms with Crippen LogP contribution in [0.15, 0.2) is 53.5 Å². The molecular formula is C23H29N5O3. The number of guanidine groups is 1. The molecule has 0 aromatic heterocycles. The Balaban J connectivity index is 1.57. The number of nitrogens with zero attached hydrogens (tertiary/aromatic N) is 2. The molecule has 0 bridgehead atoms. The highest BCUT2D eigenvalue weighted by Gasteiger charge is 2.22. The second kappa shape index (κ2) is 11.0. The zero-order valence-electron chi connectivity index (χ0n) is 18.0. The molecule has 1 saturated heterocycles. The summed E-state index contributed by atoms with van der Waals surface area (Å²) in [6.07, 6.45) is 0. The van der Waals surface area contributed by atoms with Gasteiger partial charge < -0.3 is 25.6 Å². The maximum atomic E-state index is 12.6. The molecule has 0 spiro atoms. The van der Waals surface area contributed by atoms with Gasteiger partial charge in [-0.25, -0.2) is 4.99 Å². The molecule has 0 saturated carbocycles. The van der Waals surface area contributed by atoms with Crippen molar-refractivity contribution in [1.82, 2.24) is 20.9 Å². The average molecular weight is 424 g/mol. The van der Waals surface area contributed by atoms with Gasteiger partial charge in [0.1, 0.15) is 5.75 Å². The number of rotatable bonds is 7. The summed E-state index contributed by atoms with van der Waals surface area (Å²) >= 11 is 0. The summed E-state index contributed by atoms with van der Waals surface area (Å²) in [5.74, 6) is 1.28. The molecule has 2 aromatic rings. The minimum atomic E-state index is -0.123. The van der Waals surface area contributed by atoms with E-state index in [0.717, 1.165) is 23.4 Å². The molecule has 2 aromatic carbocycles. The highest BCUT2D eigenvalue weighted by atomic mass is 16.5. The first-order valence-electron chi connectivity index (χ1n) is 10.4. The van der Waals surface area contributed by atoms with E-state index in [1.807, 2.05) is 43.3 Å². The van der Waals surface area contributed by atoms with Gasteiger partial charge in [-0.2, -0.15) is 0 Å². The molecule has 8 heteroatoms. The maximum Gasteiger partial charge on any atom is 0.254 e. The molecule has 3 rings (SSSR count). The fourth-order valence-corrected chi connectivity index (χ4v) is 3.23. The molecule has 3 N–H and O–H groups in total. The average Bonchev–Trinajstić information content (AvgIpc) is 2.81. The molecule has 2 amide bonds. The van der Waals surface area contributed by atoms with E-state index < -0.39 is 0 Å². The third-order valence-corrected chi connectivity index (χ3v) is 4.88. The van der Waals surface area contributed by atoms with E-state index in [-0.39, 0.29) is 18.4 Å². The van der Waals surface area contributed by atoms with Crippen molar-refractivity contribution in [2.75, 3.05) is 33.3 Å². The molecule has 1 aliphatic rings. The van der Waals surface area contributed by atoms with Crippen LogP contribution in [0.1, 0.15) is 28.4 Å². The number of benzene rings is 2. The highest BCUT2D eigenvalue weighted by molar-refractivity contribution is 5.97. The third-order valence-electron chi connectivity index (χ3n) is 4.88. The molecule has 0 unspecified atom stereocenters. The quantitative estimate of drug-likeness (QED) is 0.464. The standard InChI is InChI=1S/C23H29N5O3/c1-3-24-23(27-15-18-5-4-6-20(13-18)31-2)26-14-17-7-9-19(10-8-17)22(30)28-12-11-25-21(29)16-28/h4-10,13H,3,11-12,14-16H2,1-2H3,(H,25,29)(H2,24,26,27). The van der Waals surface area contributed by atoms with Crippen LogP contribution in [0, 0.1) is 0 Å². The van der Waals surface area contributed by atoms with Crippen LogP contribution < -0.4 is 20.7 Å². The Morgan fingerprint density at radius 1 is 1.16 bits per heavy atom. The summed E-state index contributed by atoms with van der Waals surface area (Å²) < 4.78 is 5.26. The number of carbonyl (C=O) groups is 2. The van der Waals surface area contributed by atoms with Gasteiger partial charge in [-0.15, -0.1) is 0 Å². The van der Waals surface area contributed by atoms with Crippen molar-refractivity contribution in [3.05, 3.63) is 65.2 Å². The van der Waals surface area contributed by atoms with Gasteiger partial charge in [-0.1, -0.05) is 24.3 Å². The minimum absolute atomic E-state index is 0.109. The van der Waals surface area contributed by atoms with Gasteiger partial charge in [-0.3, -0.25) is 9.59 Å². The summed E-state index contributed by atoms with van der Waals surface area (Å²) in [6.45, 7) is 5.01. The predicted molar refractivity (Wildman–Crippen MR) is 120 cm³/mol. The van der Waals surface area contributed by atoms with Crippen LogP contribution in [0.5, 0.6) is 5.75 Å². The lowest BCUT2D eigenvalue weighted by atomic mass is 10.1. The Labute approximate surface area is 182 Å². The van der Waals surface area contributed by atoms with E-state index in [2.05, 4.69) is 20.9 Å². The van der Waals surface area contributed by atoms with Crippen molar-refractivity contribution in [3.8, 4) is 5.75 Å². The van der Waals surface area contributed by atoms with Crippen molar-refractivity contribution in [1.29, 1.82) is 0 Å². The fourth-order valence-electron chi connectivity index (χ4n) is 3.23. The topological polar surface area (TPSA) is 95.1 Å². The van der Waals surface area contributed by atoms with E-state index in [1.165, 1.54) is 0 Å². The van der Waals surface area contributed by atoms with Gasteiger partial charge in [-0.05, 0) is 42.3 Å². The highest BCUT2D eigenvalue weighted by Crippen LogP contribution is 2.13. The lowest BCUT2D eigenvalue weighted by Gasteiger charge is -2.26. The Hall–Kier alpha value is -3.55. The van der Waals surface area contributed by atoms with Crippen LogP contribution >= 0.6 is 0 Å². The fraction of sp³-hybridized carbons (Fsp3) is 0.348. The lowest BCUT2D eigenvalue weighted by molar-refractivity contribution is -0.123. The van der Waals surface area contributed by atoms with Gasteiger partial charge in [0.05, 0.1) is 20.2 Å². The smallest absolute Gasteiger partial charge is 0.254 e. The largest absolute Gasteiger partial charge is 0.497 e. The number of hydrogen-bond acceptors (Lipinski definition) is 4. The summed E-state index contributed by atoms with van der Waals surface area (Å²) in [5.41, 5.74) is 2.67. The first-order chi connectivity index (χ1) is 15.1. The Morgan fingerprint density at radius 3 is 2.68 bits per heavy atom. The number of amides is 2. The van der Waals surface area contributed by atoms with E-state index in [1.54, 1.807) is 24.1 Å². The molecule has 0 aliphatic carbocycles. The molecular weight excluding hydrogens is 394 g/mol. The van der Waals surface area contributed by atoms with Crippen LogP contribution in [0.2, 0.25) is 0 Å². The van der Waals surface area contributed by atoms with Gasteiger partial charge in [0.2, 0.25) is 5.91 Å². The van der Waals surface area contributed by atoms with Gasteiger partial charge in [0.25, 0.3) is 5.91 Å². The van der Waals surface area contributed by atoms with Crippen LogP contribution in [-0.2, 0) is 17.9 Å². The van der Waals surface area contributed by atoms with Crippen LogP contribution in [-0.4, -0.2) is 56.0 Å². The van der Waals surface area contributed by atoms with Crippen molar-refractivity contribution in [3.63, 3.8) is 0 Å². The van der Waals surface area contributed by atoms with E-state index in [9.17, 15) is 9.59 Å². The molecule has 1 heterocycles. The first-order valence-corrected chi connectivity index (χ1v) is 10.4. The Morgan fingerprint density at radius 2 is 1.97 bits per heavy atom. The lowest BCUT2D eigenvalue weighted by Crippen LogP contribution is -2.49. The van der Waals surface area contributed by atoms with Crippen molar-refractivity contribution >= 4 is 17.8 Å². The van der Waals surface area contributed by atoms with Crippen LogP contribution in [0.4, 0.5) is 0 Å². The number of piperazine rings is 1. The molecule has 164 valence electrons. The number of hydrogen-bond donors (Lipinski definition) is 3. The normalized spacial score (nSPS) is 14.1. The molecule has 31 heavy (non-hydrogen) atoms. The monoisotopic (exact) mass is 423 g/mol. The van der Waals surface area contributed by atoms with E-state index >= 15 is 0 Å². The molecule has 0 radical (unpaired) electrons. The number of aliphatic imine (C=N–C) groups is 1. The zero-order valence-corrected chi connectivity index (χ0v) is 18.0. The van der Waals surface area contributed by atoms with Crippen molar-refractivity contribution < 1.29 is 14.3 Å². The summed E-state index contributed by atoms with van der Waals surface area (Å²) in [5, 5.41) is 9.28. The number of ether oxygens (including phenoxy) is 1. The summed E-state index contributed by atoms with van der Waals surface area (Å²) in [7, 11) is 1.65. The number of nitrogens with one attached hydrogen (secondary N) is 3. The Kier molecular flexibility index (Phi) is 7.86. The molecule has 1 fully saturated rings. The third kappa shape index (κ3) is 6.47. The SMILES string of the molecule is CCNC(=NCc1cccc(OC)c1)NCc1ccc(C(=O)N2CCNC(=O)C2)cc1. The molecule has 0 atom stereocenters. The van der Waals surface area contributed by atoms with Crippen molar-refractivity contribution in [2.24, 2.45) is 4.99 Å². The summed E-state index contributed by atoms with van der Waals surface area (Å²) in [6, 6.07) is 15.3. The summed E-state index contributed by atoms with van der Waals surface area (Å²) in [4.78, 5) is 30.3. The minimum Gasteiger partial charge on any atom is -0.497 e. The Bertz CT molecular complexity index is 927. The molecule has 1 aliphatic heterocycles. The van der Waals surface area contributed by atoms with Gasteiger partial charge in [0.15, 0.2) is 5.96 Å². The number of methoxy groups -OCH3 is 1. The molecule has 8 nitrogen and oxygen atoms in total. The zero-order chi connectivity index (χ0) is 22.1. The van der Waals surface area contributed by atoms with E-state index in [0.29, 0.717) is 37.7 Å². The van der Waals surface area contributed by atoms with Gasteiger partial charge in [0, 0.05) is 31.7 Å². The maximum absolute atomic E-state index is 12.6. The first kappa shape index (κ1) is 22.1.